The molecule has 6 nitrogen and oxygen atoms in total. The van der Waals surface area contributed by atoms with Gasteiger partial charge in [-0.3, -0.25) is 9.69 Å². The fraction of sp³-hybridized carbons (Fsp3) is 0.556. The van der Waals surface area contributed by atoms with E-state index in [2.05, 4.69) is 34.0 Å². The number of nitrogens with one attached hydrogen (secondary N) is 1. The third-order valence-corrected chi connectivity index (χ3v) is 4.80. The minimum absolute atomic E-state index is 0.0544. The van der Waals surface area contributed by atoms with Crippen LogP contribution in [-0.2, 0) is 13.1 Å². The average Bonchev–Trinajstić information content (AvgIpc) is 2.99. The molecular weight excluding hydrogens is 304 g/mol. The Bertz CT molecular complexity index is 658. The molecule has 0 bridgehead atoms. The number of allylic oxidation sites excluding steroid dienone is 4. The van der Waals surface area contributed by atoms with Gasteiger partial charge in [-0.2, -0.15) is 0 Å². The molecule has 6 heteroatoms. The summed E-state index contributed by atoms with van der Waals surface area (Å²) in [5, 5.41) is 12.2. The highest BCUT2D eigenvalue weighted by Gasteiger charge is 2.29. The number of aliphatic hydroxyl groups excluding tert-OH is 1. The summed E-state index contributed by atoms with van der Waals surface area (Å²) in [5.74, 6) is 1.01. The summed E-state index contributed by atoms with van der Waals surface area (Å²) >= 11 is 0. The highest BCUT2D eigenvalue weighted by Crippen LogP contribution is 2.28. The van der Waals surface area contributed by atoms with E-state index in [4.69, 9.17) is 4.98 Å². The van der Waals surface area contributed by atoms with E-state index in [-0.39, 0.29) is 24.5 Å². The average molecular weight is 330 g/mol. The number of aromatic nitrogens is 2. The maximum absolute atomic E-state index is 12.7. The van der Waals surface area contributed by atoms with E-state index in [0.717, 1.165) is 37.6 Å². The molecular formula is C18H26N4O2. The maximum atomic E-state index is 12.7. The summed E-state index contributed by atoms with van der Waals surface area (Å²) in [7, 11) is 2.06. The van der Waals surface area contributed by atoms with Crippen LogP contribution in [0.5, 0.6) is 0 Å². The molecule has 0 spiro atoms. The van der Waals surface area contributed by atoms with Crippen molar-refractivity contribution in [2.45, 2.75) is 44.8 Å². The number of fused-ring (bicyclic) bond motifs is 1. The van der Waals surface area contributed by atoms with Crippen LogP contribution in [0.4, 0.5) is 0 Å². The summed E-state index contributed by atoms with van der Waals surface area (Å²) in [6.45, 7) is 4.42. The van der Waals surface area contributed by atoms with Crippen LogP contribution in [0.25, 0.3) is 0 Å². The number of hydrogen-bond donors (Lipinski definition) is 2. The molecule has 0 fully saturated rings. The van der Waals surface area contributed by atoms with Gasteiger partial charge in [0.2, 0.25) is 0 Å². The lowest BCUT2D eigenvalue weighted by molar-refractivity contribution is 0.0907. The molecule has 0 radical (unpaired) electrons. The number of carbonyl (C=O) groups is 1. The molecule has 0 saturated carbocycles. The molecule has 0 aromatic carbocycles. The highest BCUT2D eigenvalue weighted by molar-refractivity contribution is 5.93. The molecule has 2 aliphatic rings. The van der Waals surface area contributed by atoms with Crippen molar-refractivity contribution < 1.29 is 9.90 Å². The molecule has 24 heavy (non-hydrogen) atoms. The SMILES string of the molecule is CCC(CO)NC(=O)c1nc(C2C=CC=CC2)n2c1CN(C)CC2. The zero-order valence-electron chi connectivity index (χ0n) is 14.4. The maximum Gasteiger partial charge on any atom is 0.272 e. The van der Waals surface area contributed by atoms with E-state index in [1.54, 1.807) is 0 Å². The highest BCUT2D eigenvalue weighted by atomic mass is 16.3. The number of likely N-dealkylation sites (N-methyl/N-ethyl adjacent to an activating group) is 1. The lowest BCUT2D eigenvalue weighted by Gasteiger charge is -2.27. The second-order valence-electron chi connectivity index (χ2n) is 6.57. The first-order chi connectivity index (χ1) is 11.6. The van der Waals surface area contributed by atoms with Crippen LogP contribution in [0.15, 0.2) is 24.3 Å². The first kappa shape index (κ1) is 16.9. The topological polar surface area (TPSA) is 70.4 Å². The van der Waals surface area contributed by atoms with E-state index < -0.39 is 0 Å². The van der Waals surface area contributed by atoms with Crippen LogP contribution in [0.1, 0.15) is 47.7 Å². The second-order valence-corrected chi connectivity index (χ2v) is 6.57. The first-order valence-corrected chi connectivity index (χ1v) is 8.67. The van der Waals surface area contributed by atoms with Crippen LogP contribution in [-0.4, -0.2) is 51.7 Å². The van der Waals surface area contributed by atoms with Gasteiger partial charge < -0.3 is 15.0 Å². The Hall–Kier alpha value is -1.92. The van der Waals surface area contributed by atoms with E-state index in [1.807, 2.05) is 19.1 Å². The van der Waals surface area contributed by atoms with Crippen LogP contribution in [0, 0.1) is 0 Å². The number of carbonyl (C=O) groups excluding carboxylic acids is 1. The summed E-state index contributed by atoms with van der Waals surface area (Å²) in [6.07, 6.45) is 9.99. The van der Waals surface area contributed by atoms with Gasteiger partial charge in [0.25, 0.3) is 5.91 Å². The van der Waals surface area contributed by atoms with Gasteiger partial charge >= 0.3 is 0 Å². The predicted molar refractivity (Wildman–Crippen MR) is 92.8 cm³/mol. The first-order valence-electron chi connectivity index (χ1n) is 8.67. The Balaban J connectivity index is 1.93. The van der Waals surface area contributed by atoms with Gasteiger partial charge in [-0.1, -0.05) is 31.2 Å². The van der Waals surface area contributed by atoms with Crippen molar-refractivity contribution >= 4 is 5.91 Å². The quantitative estimate of drug-likeness (QED) is 0.857. The Labute approximate surface area is 142 Å². The number of imidazole rings is 1. The Morgan fingerprint density at radius 1 is 1.46 bits per heavy atom. The van der Waals surface area contributed by atoms with Crippen LogP contribution < -0.4 is 5.32 Å². The van der Waals surface area contributed by atoms with Gasteiger partial charge in [0.1, 0.15) is 5.82 Å². The predicted octanol–water partition coefficient (Wildman–Crippen LogP) is 1.43. The smallest absolute Gasteiger partial charge is 0.272 e. The molecule has 3 rings (SSSR count). The van der Waals surface area contributed by atoms with Gasteiger partial charge in [0.05, 0.1) is 18.3 Å². The molecule has 1 amide bonds. The zero-order valence-corrected chi connectivity index (χ0v) is 14.4. The zero-order chi connectivity index (χ0) is 17.1. The van der Waals surface area contributed by atoms with Gasteiger partial charge in [0, 0.05) is 25.6 Å². The van der Waals surface area contributed by atoms with Crippen molar-refractivity contribution in [1.29, 1.82) is 0 Å². The number of rotatable bonds is 5. The molecule has 0 saturated heterocycles. The minimum atomic E-state index is -0.225. The minimum Gasteiger partial charge on any atom is -0.394 e. The van der Waals surface area contributed by atoms with Gasteiger partial charge in [0.15, 0.2) is 5.69 Å². The third kappa shape index (κ3) is 3.30. The van der Waals surface area contributed by atoms with E-state index in [0.29, 0.717) is 12.1 Å². The second kappa shape index (κ2) is 7.32. The van der Waals surface area contributed by atoms with Crippen molar-refractivity contribution in [2.75, 3.05) is 20.2 Å². The lowest BCUT2D eigenvalue weighted by atomic mass is 10.00. The Morgan fingerprint density at radius 2 is 2.29 bits per heavy atom. The lowest BCUT2D eigenvalue weighted by Crippen LogP contribution is -2.38. The molecule has 2 unspecified atom stereocenters. The fourth-order valence-corrected chi connectivity index (χ4v) is 3.29. The van der Waals surface area contributed by atoms with Crippen LogP contribution in [0.3, 0.4) is 0 Å². The van der Waals surface area contributed by atoms with Crippen molar-refractivity contribution in [3.05, 3.63) is 41.5 Å². The third-order valence-electron chi connectivity index (χ3n) is 4.80. The van der Waals surface area contributed by atoms with Crippen LogP contribution in [0.2, 0.25) is 0 Å². The van der Waals surface area contributed by atoms with Crippen molar-refractivity contribution in [3.63, 3.8) is 0 Å². The van der Waals surface area contributed by atoms with Gasteiger partial charge in [-0.05, 0) is 19.9 Å². The monoisotopic (exact) mass is 330 g/mol. The molecule has 1 aromatic rings. The number of hydrogen-bond acceptors (Lipinski definition) is 4. The van der Waals surface area contributed by atoms with Gasteiger partial charge in [-0.25, -0.2) is 4.98 Å². The largest absolute Gasteiger partial charge is 0.394 e. The van der Waals surface area contributed by atoms with E-state index >= 15 is 0 Å². The summed E-state index contributed by atoms with van der Waals surface area (Å²) in [6, 6.07) is -0.225. The van der Waals surface area contributed by atoms with E-state index in [1.165, 1.54) is 0 Å². The van der Waals surface area contributed by atoms with E-state index in [9.17, 15) is 9.90 Å². The summed E-state index contributed by atoms with van der Waals surface area (Å²) < 4.78 is 2.21. The Kier molecular flexibility index (Phi) is 5.16. The van der Waals surface area contributed by atoms with Crippen LogP contribution >= 0.6 is 0 Å². The molecule has 2 N–H and O–H groups in total. The number of aliphatic hydroxyl groups is 1. The summed E-state index contributed by atoms with van der Waals surface area (Å²) in [5.41, 5.74) is 1.48. The van der Waals surface area contributed by atoms with Crippen molar-refractivity contribution in [1.82, 2.24) is 19.8 Å². The number of nitrogens with zero attached hydrogens (tertiary/aromatic N) is 3. The molecule has 1 aromatic heterocycles. The number of amides is 1. The molecule has 1 aliphatic carbocycles. The standard InChI is InChI=1S/C18H26N4O2/c1-3-14(12-23)19-18(24)16-15-11-21(2)9-10-22(15)17(20-16)13-7-5-4-6-8-13/h4-7,13-14,23H,3,8-12H2,1-2H3,(H,19,24). The molecule has 2 atom stereocenters. The molecule has 1 aliphatic heterocycles. The fourth-order valence-electron chi connectivity index (χ4n) is 3.29. The Morgan fingerprint density at radius 3 is 2.96 bits per heavy atom. The normalized spacial score (nSPS) is 21.5. The van der Waals surface area contributed by atoms with Gasteiger partial charge in [-0.15, -0.1) is 0 Å². The van der Waals surface area contributed by atoms with Crippen molar-refractivity contribution in [3.8, 4) is 0 Å². The molecule has 2 heterocycles. The molecule has 130 valence electrons. The van der Waals surface area contributed by atoms with Crippen molar-refractivity contribution in [2.24, 2.45) is 0 Å². The summed E-state index contributed by atoms with van der Waals surface area (Å²) in [4.78, 5) is 19.6.